The molecule has 0 spiro atoms. The number of benzene rings is 1. The number of aromatic amines is 1. The molecule has 1 aromatic carbocycles. The molecule has 0 aliphatic rings. The summed E-state index contributed by atoms with van der Waals surface area (Å²) in [4.78, 5) is 15.8. The summed E-state index contributed by atoms with van der Waals surface area (Å²) in [5, 5.41) is 10.9. The van der Waals surface area contributed by atoms with Gasteiger partial charge in [-0.1, -0.05) is 42.1 Å². The number of aliphatic hydroxyl groups excluding tert-OH is 1. The minimum absolute atomic E-state index is 0.480. The zero-order valence-electron chi connectivity index (χ0n) is 10.2. The Balaban J connectivity index is 2.01. The Hall–Kier alpha value is -1.92. The molecular formula is C13H12N4OS. The summed E-state index contributed by atoms with van der Waals surface area (Å²) < 4.78 is 0. The fourth-order valence-corrected chi connectivity index (χ4v) is 2.17. The van der Waals surface area contributed by atoms with Gasteiger partial charge in [0.15, 0.2) is 10.8 Å². The summed E-state index contributed by atoms with van der Waals surface area (Å²) in [6.45, 7) is 0. The molecule has 3 aromatic rings. The van der Waals surface area contributed by atoms with Crippen LogP contribution in [-0.4, -0.2) is 31.3 Å². The zero-order valence-corrected chi connectivity index (χ0v) is 11.1. The zero-order chi connectivity index (χ0) is 13.2. The fraction of sp³-hybridized carbons (Fsp3) is 0.154. The lowest BCUT2D eigenvalue weighted by Gasteiger charge is -2.06. The van der Waals surface area contributed by atoms with Crippen LogP contribution >= 0.6 is 11.8 Å². The molecule has 96 valence electrons. The first kappa shape index (κ1) is 12.1. The quantitative estimate of drug-likeness (QED) is 0.564. The highest BCUT2D eigenvalue weighted by Crippen LogP contribution is 2.21. The summed E-state index contributed by atoms with van der Waals surface area (Å²) >= 11 is 1.46. The second kappa shape index (κ2) is 4.99. The standard InChI is InChI=1S/C13H12N4OS/c1-19-13-14-7-9-11(17-13)16-12(15-9)10(18)8-5-3-2-4-6-8/h2-7,10,18H,1H3,(H,14,15,16,17)/t10-/m1/s1. The lowest BCUT2D eigenvalue weighted by Crippen LogP contribution is -2.01. The van der Waals surface area contributed by atoms with Gasteiger partial charge in [0.2, 0.25) is 0 Å². The van der Waals surface area contributed by atoms with Crippen molar-refractivity contribution in [2.75, 3.05) is 6.26 Å². The van der Waals surface area contributed by atoms with E-state index < -0.39 is 6.10 Å². The molecule has 0 aliphatic carbocycles. The van der Waals surface area contributed by atoms with Crippen LogP contribution in [0.4, 0.5) is 0 Å². The normalized spacial score (nSPS) is 12.7. The van der Waals surface area contributed by atoms with Crippen LogP contribution in [0.5, 0.6) is 0 Å². The Kier molecular flexibility index (Phi) is 3.18. The molecule has 1 atom stereocenters. The highest BCUT2D eigenvalue weighted by molar-refractivity contribution is 7.98. The van der Waals surface area contributed by atoms with Gasteiger partial charge in [0.05, 0.1) is 6.20 Å². The molecule has 0 fully saturated rings. The molecule has 5 nitrogen and oxygen atoms in total. The van der Waals surface area contributed by atoms with E-state index >= 15 is 0 Å². The summed E-state index contributed by atoms with van der Waals surface area (Å²) in [5.41, 5.74) is 2.09. The van der Waals surface area contributed by atoms with Crippen molar-refractivity contribution in [1.82, 2.24) is 19.9 Å². The average molecular weight is 272 g/mol. The van der Waals surface area contributed by atoms with Gasteiger partial charge in [-0.05, 0) is 11.8 Å². The van der Waals surface area contributed by atoms with Crippen LogP contribution in [0.25, 0.3) is 11.2 Å². The Bertz CT molecular complexity index is 698. The van der Waals surface area contributed by atoms with Crippen molar-refractivity contribution < 1.29 is 5.11 Å². The molecule has 2 heterocycles. The molecular weight excluding hydrogens is 260 g/mol. The van der Waals surface area contributed by atoms with Gasteiger partial charge in [-0.15, -0.1) is 0 Å². The predicted octanol–water partition coefficient (Wildman–Crippen LogP) is 2.16. The number of rotatable bonds is 3. The van der Waals surface area contributed by atoms with E-state index in [1.165, 1.54) is 11.8 Å². The molecule has 0 radical (unpaired) electrons. The number of imidazole rings is 1. The monoisotopic (exact) mass is 272 g/mol. The maximum Gasteiger partial charge on any atom is 0.189 e. The van der Waals surface area contributed by atoms with E-state index in [-0.39, 0.29) is 0 Å². The minimum Gasteiger partial charge on any atom is -0.380 e. The maximum absolute atomic E-state index is 10.3. The van der Waals surface area contributed by atoms with Gasteiger partial charge < -0.3 is 10.1 Å². The Labute approximate surface area is 114 Å². The van der Waals surface area contributed by atoms with E-state index in [0.29, 0.717) is 16.6 Å². The SMILES string of the molecule is CSc1ncc2[nH]c([C@H](O)c3ccccc3)nc2n1. The number of nitrogens with one attached hydrogen (secondary N) is 1. The second-order valence-electron chi connectivity index (χ2n) is 4.03. The Morgan fingerprint density at radius 2 is 2.00 bits per heavy atom. The molecule has 3 rings (SSSR count). The smallest absolute Gasteiger partial charge is 0.189 e. The van der Waals surface area contributed by atoms with Crippen molar-refractivity contribution in [3.05, 3.63) is 47.9 Å². The Morgan fingerprint density at radius 3 is 2.74 bits per heavy atom. The van der Waals surface area contributed by atoms with Crippen LogP contribution in [0.15, 0.2) is 41.7 Å². The van der Waals surface area contributed by atoms with Crippen molar-refractivity contribution >= 4 is 22.9 Å². The summed E-state index contributed by atoms with van der Waals surface area (Å²) in [7, 11) is 0. The van der Waals surface area contributed by atoms with E-state index in [1.54, 1.807) is 6.20 Å². The number of H-pyrrole nitrogens is 1. The molecule has 19 heavy (non-hydrogen) atoms. The molecule has 2 aromatic heterocycles. The van der Waals surface area contributed by atoms with Crippen molar-refractivity contribution in [2.24, 2.45) is 0 Å². The third-order valence-corrected chi connectivity index (χ3v) is 3.35. The molecule has 6 heteroatoms. The van der Waals surface area contributed by atoms with Crippen molar-refractivity contribution in [1.29, 1.82) is 0 Å². The molecule has 2 N–H and O–H groups in total. The predicted molar refractivity (Wildman–Crippen MR) is 74.0 cm³/mol. The van der Waals surface area contributed by atoms with Gasteiger partial charge in [-0.2, -0.15) is 0 Å². The molecule has 0 unspecified atom stereocenters. The van der Waals surface area contributed by atoms with Crippen LogP contribution in [0, 0.1) is 0 Å². The number of hydrogen-bond donors (Lipinski definition) is 2. The summed E-state index contributed by atoms with van der Waals surface area (Å²) in [5.74, 6) is 0.480. The molecule has 0 saturated heterocycles. The summed E-state index contributed by atoms with van der Waals surface area (Å²) in [6.07, 6.45) is 2.81. The van der Waals surface area contributed by atoms with Crippen molar-refractivity contribution in [3.8, 4) is 0 Å². The van der Waals surface area contributed by atoms with Gasteiger partial charge >= 0.3 is 0 Å². The molecule has 0 amide bonds. The van der Waals surface area contributed by atoms with E-state index in [4.69, 9.17) is 0 Å². The van der Waals surface area contributed by atoms with Crippen LogP contribution in [0.1, 0.15) is 17.5 Å². The topological polar surface area (TPSA) is 74.7 Å². The van der Waals surface area contributed by atoms with E-state index in [0.717, 1.165) is 11.1 Å². The van der Waals surface area contributed by atoms with Crippen LogP contribution in [-0.2, 0) is 0 Å². The van der Waals surface area contributed by atoms with Crippen LogP contribution in [0.2, 0.25) is 0 Å². The average Bonchev–Trinajstić information content (AvgIpc) is 2.90. The maximum atomic E-state index is 10.3. The number of hydrogen-bond acceptors (Lipinski definition) is 5. The fourth-order valence-electron chi connectivity index (χ4n) is 1.83. The third-order valence-electron chi connectivity index (χ3n) is 2.79. The second-order valence-corrected chi connectivity index (χ2v) is 4.80. The number of thioether (sulfide) groups is 1. The van der Waals surface area contributed by atoms with Gasteiger partial charge in [0.25, 0.3) is 0 Å². The number of aliphatic hydroxyl groups is 1. The van der Waals surface area contributed by atoms with E-state index in [1.807, 2.05) is 36.6 Å². The first-order valence-electron chi connectivity index (χ1n) is 5.77. The highest BCUT2D eigenvalue weighted by atomic mass is 32.2. The first-order valence-corrected chi connectivity index (χ1v) is 7.00. The van der Waals surface area contributed by atoms with Crippen LogP contribution in [0.3, 0.4) is 0 Å². The van der Waals surface area contributed by atoms with Gasteiger partial charge in [-0.3, -0.25) is 0 Å². The molecule has 0 saturated carbocycles. The number of fused-ring (bicyclic) bond motifs is 1. The van der Waals surface area contributed by atoms with Crippen molar-refractivity contribution in [3.63, 3.8) is 0 Å². The van der Waals surface area contributed by atoms with E-state index in [2.05, 4.69) is 19.9 Å². The lowest BCUT2D eigenvalue weighted by molar-refractivity contribution is 0.211. The van der Waals surface area contributed by atoms with Gasteiger partial charge in [0.1, 0.15) is 17.4 Å². The third kappa shape index (κ3) is 2.32. The largest absolute Gasteiger partial charge is 0.380 e. The van der Waals surface area contributed by atoms with E-state index in [9.17, 15) is 5.11 Å². The highest BCUT2D eigenvalue weighted by Gasteiger charge is 2.15. The van der Waals surface area contributed by atoms with Crippen LogP contribution < -0.4 is 0 Å². The Morgan fingerprint density at radius 1 is 1.21 bits per heavy atom. The first-order chi connectivity index (χ1) is 9.28. The summed E-state index contributed by atoms with van der Waals surface area (Å²) in [6, 6.07) is 9.39. The molecule has 0 aliphatic heterocycles. The molecule has 0 bridgehead atoms. The van der Waals surface area contributed by atoms with Crippen molar-refractivity contribution in [2.45, 2.75) is 11.3 Å². The number of aromatic nitrogens is 4. The van der Waals surface area contributed by atoms with Gasteiger partial charge in [-0.25, -0.2) is 15.0 Å². The lowest BCUT2D eigenvalue weighted by atomic mass is 10.1. The number of nitrogens with zero attached hydrogens (tertiary/aromatic N) is 3. The van der Waals surface area contributed by atoms with Gasteiger partial charge in [0, 0.05) is 0 Å². The minimum atomic E-state index is -0.784.